The van der Waals surface area contributed by atoms with E-state index >= 15 is 0 Å². The quantitative estimate of drug-likeness (QED) is 0.464. The molecule has 0 aliphatic heterocycles. The number of halogens is 2. The van der Waals surface area contributed by atoms with E-state index in [0.717, 1.165) is 31.5 Å². The number of carboxylic acid groups (broad SMARTS) is 1. The fourth-order valence-corrected chi connectivity index (χ4v) is 4.63. The molecule has 1 aliphatic rings. The molecule has 1 saturated carbocycles. The predicted molar refractivity (Wildman–Crippen MR) is 115 cm³/mol. The Hall–Kier alpha value is -1.53. The second-order valence-electron chi connectivity index (χ2n) is 7.05. The summed E-state index contributed by atoms with van der Waals surface area (Å²) >= 11 is 7.08. The highest BCUT2D eigenvalue weighted by Crippen LogP contribution is 2.36. The van der Waals surface area contributed by atoms with Crippen LogP contribution in [0.2, 0.25) is 0 Å². The second-order valence-corrected chi connectivity index (χ2v) is 8.76. The topological polar surface area (TPSA) is 58.6 Å². The minimum Gasteiger partial charge on any atom is -0.487 e. The van der Waals surface area contributed by atoms with Gasteiger partial charge in [-0.15, -0.1) is 0 Å². The lowest BCUT2D eigenvalue weighted by atomic mass is 9.93. The monoisotopic (exact) mass is 495 g/mol. The fourth-order valence-electron chi connectivity index (χ4n) is 3.12. The van der Waals surface area contributed by atoms with Crippen molar-refractivity contribution >= 4 is 43.5 Å². The van der Waals surface area contributed by atoms with Gasteiger partial charge in [0.15, 0.2) is 0 Å². The molecule has 0 bridgehead atoms. The fraction of sp³-hybridized carbons (Fsp3) is 0.381. The molecular weight excluding hydrogens is 474 g/mol. The Balaban J connectivity index is 1.68. The van der Waals surface area contributed by atoms with Crippen LogP contribution in [0.3, 0.4) is 0 Å². The first-order chi connectivity index (χ1) is 12.9. The van der Waals surface area contributed by atoms with Crippen molar-refractivity contribution in [2.24, 2.45) is 0 Å². The van der Waals surface area contributed by atoms with E-state index in [1.807, 2.05) is 12.1 Å². The zero-order chi connectivity index (χ0) is 19.4. The zero-order valence-corrected chi connectivity index (χ0v) is 18.4. The van der Waals surface area contributed by atoms with Gasteiger partial charge in [0.05, 0.1) is 8.95 Å². The van der Waals surface area contributed by atoms with Crippen molar-refractivity contribution < 1.29 is 14.6 Å². The minimum absolute atomic E-state index is 0.110. The van der Waals surface area contributed by atoms with Crippen molar-refractivity contribution in [3.8, 4) is 5.75 Å². The van der Waals surface area contributed by atoms with Crippen LogP contribution >= 0.6 is 31.9 Å². The summed E-state index contributed by atoms with van der Waals surface area (Å²) in [6, 6.07) is 10.9. The lowest BCUT2D eigenvalue weighted by Crippen LogP contribution is -2.27. The predicted octanol–water partition coefficient (Wildman–Crippen LogP) is 6.08. The molecule has 1 fully saturated rings. The largest absolute Gasteiger partial charge is 0.487 e. The highest BCUT2D eigenvalue weighted by Gasteiger charge is 2.17. The number of hydrogen-bond donors (Lipinski definition) is 2. The molecule has 2 N–H and O–H groups in total. The SMILES string of the molecule is Cc1cc(COc2c(Br)cc(CCC(=O)O)cc2Br)cc(NC2CCC2)c1. The Morgan fingerprint density at radius 1 is 1.15 bits per heavy atom. The molecule has 0 heterocycles. The maximum Gasteiger partial charge on any atom is 0.303 e. The van der Waals surface area contributed by atoms with E-state index in [4.69, 9.17) is 9.84 Å². The molecule has 3 rings (SSSR count). The van der Waals surface area contributed by atoms with Gasteiger partial charge in [-0.3, -0.25) is 4.79 Å². The van der Waals surface area contributed by atoms with Crippen LogP contribution in [0.25, 0.3) is 0 Å². The van der Waals surface area contributed by atoms with Crippen molar-refractivity contribution in [3.05, 3.63) is 56.0 Å². The summed E-state index contributed by atoms with van der Waals surface area (Å²) in [4.78, 5) is 10.8. The summed E-state index contributed by atoms with van der Waals surface area (Å²) in [5.41, 5.74) is 4.43. The highest BCUT2D eigenvalue weighted by molar-refractivity contribution is 9.11. The van der Waals surface area contributed by atoms with Gasteiger partial charge in [0.1, 0.15) is 12.4 Å². The highest BCUT2D eigenvalue weighted by atomic mass is 79.9. The number of carboxylic acids is 1. The van der Waals surface area contributed by atoms with E-state index in [9.17, 15) is 4.79 Å². The molecule has 0 radical (unpaired) electrons. The molecule has 0 atom stereocenters. The second kappa shape index (κ2) is 9.11. The summed E-state index contributed by atoms with van der Waals surface area (Å²) < 4.78 is 7.69. The van der Waals surface area contributed by atoms with Gasteiger partial charge in [-0.1, -0.05) is 6.07 Å². The molecule has 0 unspecified atom stereocenters. The number of aryl methyl sites for hydroxylation is 2. The molecule has 6 heteroatoms. The smallest absolute Gasteiger partial charge is 0.303 e. The zero-order valence-electron chi connectivity index (χ0n) is 15.2. The van der Waals surface area contributed by atoms with Crippen molar-refractivity contribution in [3.63, 3.8) is 0 Å². The van der Waals surface area contributed by atoms with Gasteiger partial charge in [0.2, 0.25) is 0 Å². The first-order valence-corrected chi connectivity index (χ1v) is 10.7. The van der Waals surface area contributed by atoms with E-state index in [-0.39, 0.29) is 6.42 Å². The van der Waals surface area contributed by atoms with Crippen LogP contribution in [0.15, 0.2) is 39.3 Å². The molecule has 0 saturated heterocycles. The van der Waals surface area contributed by atoms with Gasteiger partial charge in [0, 0.05) is 18.2 Å². The first-order valence-electron chi connectivity index (χ1n) is 9.10. The van der Waals surface area contributed by atoms with Crippen LogP contribution in [0.4, 0.5) is 5.69 Å². The number of rotatable bonds is 8. The number of nitrogens with one attached hydrogen (secondary N) is 1. The van der Waals surface area contributed by atoms with E-state index < -0.39 is 5.97 Å². The molecular formula is C21H23Br2NO3. The molecule has 1 aliphatic carbocycles. The molecule has 0 aromatic heterocycles. The molecule has 2 aromatic rings. The van der Waals surface area contributed by atoms with Gasteiger partial charge in [0.25, 0.3) is 0 Å². The molecule has 4 nitrogen and oxygen atoms in total. The molecule has 0 amide bonds. The Morgan fingerprint density at radius 3 is 2.44 bits per heavy atom. The minimum atomic E-state index is -0.798. The lowest BCUT2D eigenvalue weighted by molar-refractivity contribution is -0.136. The van der Waals surface area contributed by atoms with Gasteiger partial charge in [-0.2, -0.15) is 0 Å². The third-order valence-electron chi connectivity index (χ3n) is 4.68. The third-order valence-corrected chi connectivity index (χ3v) is 5.86. The summed E-state index contributed by atoms with van der Waals surface area (Å²) in [5.74, 6) is -0.0718. The first kappa shape index (κ1) is 20.2. The Labute approximate surface area is 176 Å². The van der Waals surface area contributed by atoms with Crippen molar-refractivity contribution in [2.45, 2.75) is 51.7 Å². The number of ether oxygens (including phenoxy) is 1. The summed E-state index contributed by atoms with van der Waals surface area (Å²) in [7, 11) is 0. The van der Waals surface area contributed by atoms with Crippen molar-refractivity contribution in [2.75, 3.05) is 5.32 Å². The maximum atomic E-state index is 10.8. The average molecular weight is 497 g/mol. The molecule has 2 aromatic carbocycles. The standard InChI is InChI=1S/C21H23Br2NO3/c1-13-7-15(9-17(8-13)24-16-3-2-4-16)12-27-21-18(22)10-14(11-19(21)23)5-6-20(25)26/h7-11,16,24H,2-6,12H2,1H3,(H,25,26). The number of aliphatic carboxylic acids is 1. The van der Waals surface area contributed by atoms with Gasteiger partial charge < -0.3 is 15.2 Å². The Morgan fingerprint density at radius 2 is 1.85 bits per heavy atom. The lowest BCUT2D eigenvalue weighted by Gasteiger charge is -2.28. The van der Waals surface area contributed by atoms with Crippen molar-refractivity contribution in [1.29, 1.82) is 0 Å². The third kappa shape index (κ3) is 5.72. The molecule has 0 spiro atoms. The number of anilines is 1. The summed E-state index contributed by atoms with van der Waals surface area (Å²) in [5, 5.41) is 12.4. The molecule has 144 valence electrons. The van der Waals surface area contributed by atoms with Crippen LogP contribution in [0.5, 0.6) is 5.75 Å². The Kier molecular flexibility index (Phi) is 6.82. The Bertz CT molecular complexity index is 811. The van der Waals surface area contributed by atoms with Crippen LogP contribution in [-0.4, -0.2) is 17.1 Å². The van der Waals surface area contributed by atoms with Crippen LogP contribution < -0.4 is 10.1 Å². The van der Waals surface area contributed by atoms with Gasteiger partial charge in [-0.25, -0.2) is 0 Å². The van der Waals surface area contributed by atoms with Crippen LogP contribution in [0, 0.1) is 6.92 Å². The van der Waals surface area contributed by atoms with Gasteiger partial charge >= 0.3 is 5.97 Å². The van der Waals surface area contributed by atoms with Crippen LogP contribution in [0.1, 0.15) is 42.4 Å². The van der Waals surface area contributed by atoms with E-state index in [0.29, 0.717) is 19.1 Å². The van der Waals surface area contributed by atoms with Crippen LogP contribution in [-0.2, 0) is 17.8 Å². The summed E-state index contributed by atoms with van der Waals surface area (Å²) in [6.07, 6.45) is 4.39. The number of benzene rings is 2. The van der Waals surface area contributed by atoms with E-state index in [2.05, 4.69) is 62.3 Å². The normalized spacial score (nSPS) is 13.9. The van der Waals surface area contributed by atoms with Crippen molar-refractivity contribution in [1.82, 2.24) is 0 Å². The number of carbonyl (C=O) groups is 1. The van der Waals surface area contributed by atoms with E-state index in [1.54, 1.807) is 0 Å². The summed E-state index contributed by atoms with van der Waals surface area (Å²) in [6.45, 7) is 2.56. The number of hydrogen-bond acceptors (Lipinski definition) is 3. The molecule has 27 heavy (non-hydrogen) atoms. The average Bonchev–Trinajstić information content (AvgIpc) is 2.55. The van der Waals surface area contributed by atoms with Gasteiger partial charge in [-0.05, 0) is 105 Å². The van der Waals surface area contributed by atoms with E-state index in [1.165, 1.54) is 24.8 Å². The maximum absolute atomic E-state index is 10.8.